The zero-order chi connectivity index (χ0) is 18.2. The van der Waals surface area contributed by atoms with E-state index in [1.165, 1.54) is 6.08 Å². The van der Waals surface area contributed by atoms with Crippen molar-refractivity contribution < 1.29 is 14.3 Å². The van der Waals surface area contributed by atoms with Crippen molar-refractivity contribution in [3.8, 4) is 5.75 Å². The summed E-state index contributed by atoms with van der Waals surface area (Å²) < 4.78 is 5.98. The number of rotatable bonds is 5. The number of ether oxygens (including phenoxy) is 1. The van der Waals surface area contributed by atoms with Gasteiger partial charge in [0.25, 0.3) is 11.8 Å². The van der Waals surface area contributed by atoms with Crippen LogP contribution in [-0.4, -0.2) is 18.4 Å². The highest BCUT2D eigenvalue weighted by Crippen LogP contribution is 2.27. The Labute approximate surface area is 159 Å². The SMILES string of the molecule is Cc1ccc(/C=C/C(=O)NNC(=O)COc2ccc(Cl)cc2Br)cc1. The zero-order valence-electron chi connectivity index (χ0n) is 13.4. The van der Waals surface area contributed by atoms with Gasteiger partial charge in [0.05, 0.1) is 4.47 Å². The number of carbonyl (C=O) groups excluding carboxylic acids is 2. The molecule has 0 atom stereocenters. The van der Waals surface area contributed by atoms with Crippen LogP contribution in [-0.2, 0) is 9.59 Å². The molecule has 2 amide bonds. The number of amides is 2. The van der Waals surface area contributed by atoms with Gasteiger partial charge in [0.2, 0.25) is 0 Å². The quantitative estimate of drug-likeness (QED) is 0.570. The van der Waals surface area contributed by atoms with E-state index in [1.54, 1.807) is 24.3 Å². The van der Waals surface area contributed by atoms with Gasteiger partial charge in [-0.2, -0.15) is 0 Å². The van der Waals surface area contributed by atoms with Crippen LogP contribution in [0.2, 0.25) is 5.02 Å². The van der Waals surface area contributed by atoms with E-state index in [1.807, 2.05) is 31.2 Å². The second-order valence-corrected chi connectivity index (χ2v) is 6.44. The van der Waals surface area contributed by atoms with Crippen molar-refractivity contribution in [1.29, 1.82) is 0 Å². The van der Waals surface area contributed by atoms with Crippen LogP contribution in [0.15, 0.2) is 53.0 Å². The minimum atomic E-state index is -0.487. The number of benzene rings is 2. The largest absolute Gasteiger partial charge is 0.483 e. The third-order valence-electron chi connectivity index (χ3n) is 3.08. The molecule has 0 bridgehead atoms. The lowest BCUT2D eigenvalue weighted by Crippen LogP contribution is -2.43. The van der Waals surface area contributed by atoms with Crippen molar-refractivity contribution in [2.75, 3.05) is 6.61 Å². The van der Waals surface area contributed by atoms with Gasteiger partial charge in [-0.05, 0) is 52.7 Å². The van der Waals surface area contributed by atoms with Gasteiger partial charge in [-0.3, -0.25) is 20.4 Å². The van der Waals surface area contributed by atoms with Crippen LogP contribution in [0.1, 0.15) is 11.1 Å². The van der Waals surface area contributed by atoms with E-state index >= 15 is 0 Å². The van der Waals surface area contributed by atoms with E-state index in [4.69, 9.17) is 16.3 Å². The monoisotopic (exact) mass is 422 g/mol. The molecule has 25 heavy (non-hydrogen) atoms. The molecule has 2 N–H and O–H groups in total. The van der Waals surface area contributed by atoms with Crippen LogP contribution in [0.4, 0.5) is 0 Å². The molecule has 0 saturated heterocycles. The van der Waals surface area contributed by atoms with Crippen molar-refractivity contribution in [3.05, 3.63) is 69.2 Å². The Balaban J connectivity index is 1.75. The van der Waals surface area contributed by atoms with Crippen LogP contribution < -0.4 is 15.6 Å². The lowest BCUT2D eigenvalue weighted by molar-refractivity contribution is -0.128. The highest BCUT2D eigenvalue weighted by Gasteiger charge is 2.06. The zero-order valence-corrected chi connectivity index (χ0v) is 15.7. The van der Waals surface area contributed by atoms with Crippen molar-refractivity contribution in [1.82, 2.24) is 10.9 Å². The normalized spacial score (nSPS) is 10.5. The van der Waals surface area contributed by atoms with Gasteiger partial charge in [-0.1, -0.05) is 41.4 Å². The number of nitrogens with one attached hydrogen (secondary N) is 2. The molecule has 5 nitrogen and oxygen atoms in total. The van der Waals surface area contributed by atoms with E-state index in [2.05, 4.69) is 26.8 Å². The Morgan fingerprint density at radius 3 is 2.56 bits per heavy atom. The lowest BCUT2D eigenvalue weighted by Gasteiger charge is -2.09. The van der Waals surface area contributed by atoms with Gasteiger partial charge in [-0.25, -0.2) is 0 Å². The molecule has 130 valence electrons. The molecule has 0 unspecified atom stereocenters. The van der Waals surface area contributed by atoms with E-state index in [0.717, 1.165) is 11.1 Å². The van der Waals surface area contributed by atoms with Crippen LogP contribution in [0.25, 0.3) is 6.08 Å². The molecule has 0 aliphatic carbocycles. The number of halogens is 2. The first-order valence-corrected chi connectivity index (χ1v) is 8.52. The van der Waals surface area contributed by atoms with Crippen molar-refractivity contribution in [3.63, 3.8) is 0 Å². The molecular formula is C18H16BrClN2O3. The summed E-state index contributed by atoms with van der Waals surface area (Å²) in [5, 5.41) is 0.552. The summed E-state index contributed by atoms with van der Waals surface area (Å²) in [4.78, 5) is 23.4. The molecule has 0 radical (unpaired) electrons. The lowest BCUT2D eigenvalue weighted by atomic mass is 10.1. The van der Waals surface area contributed by atoms with Crippen molar-refractivity contribution in [2.45, 2.75) is 6.92 Å². The molecule has 0 spiro atoms. The van der Waals surface area contributed by atoms with Crippen LogP contribution >= 0.6 is 27.5 Å². The smallest absolute Gasteiger partial charge is 0.276 e. The van der Waals surface area contributed by atoms with E-state index in [9.17, 15) is 9.59 Å². The Kier molecular flexibility index (Phi) is 7.03. The average molecular weight is 424 g/mol. The van der Waals surface area contributed by atoms with E-state index in [0.29, 0.717) is 15.2 Å². The first-order chi connectivity index (χ1) is 11.9. The summed E-state index contributed by atoms with van der Waals surface area (Å²) in [7, 11) is 0. The summed E-state index contributed by atoms with van der Waals surface area (Å²) in [6.45, 7) is 1.74. The fourth-order valence-electron chi connectivity index (χ4n) is 1.79. The Morgan fingerprint density at radius 2 is 1.88 bits per heavy atom. The maximum atomic E-state index is 11.7. The molecule has 0 fully saturated rings. The first-order valence-electron chi connectivity index (χ1n) is 7.35. The summed E-state index contributed by atoms with van der Waals surface area (Å²) in [6.07, 6.45) is 2.99. The molecule has 2 aromatic carbocycles. The number of hydrogen-bond acceptors (Lipinski definition) is 3. The number of hydrazine groups is 1. The van der Waals surface area contributed by atoms with Gasteiger partial charge in [0.15, 0.2) is 6.61 Å². The molecule has 2 rings (SSSR count). The molecular weight excluding hydrogens is 408 g/mol. The highest BCUT2D eigenvalue weighted by atomic mass is 79.9. The van der Waals surface area contributed by atoms with Crippen LogP contribution in [0.5, 0.6) is 5.75 Å². The summed E-state index contributed by atoms with van der Waals surface area (Å²) in [6, 6.07) is 12.6. The molecule has 2 aromatic rings. The number of hydrogen-bond donors (Lipinski definition) is 2. The number of aryl methyl sites for hydroxylation is 1. The predicted octanol–water partition coefficient (Wildman–Crippen LogP) is 3.65. The standard InChI is InChI=1S/C18H16BrClN2O3/c1-12-2-4-13(5-3-12)6-9-17(23)21-22-18(24)11-25-16-8-7-14(20)10-15(16)19/h2-10H,11H2,1H3,(H,21,23)(H,22,24)/b9-6+. The second-order valence-electron chi connectivity index (χ2n) is 5.14. The topological polar surface area (TPSA) is 67.4 Å². The third kappa shape index (κ3) is 6.60. The van der Waals surface area contributed by atoms with Crippen molar-refractivity contribution >= 4 is 45.4 Å². The summed E-state index contributed by atoms with van der Waals surface area (Å²) in [5.74, 6) is -0.453. The summed E-state index contributed by atoms with van der Waals surface area (Å²) >= 11 is 9.11. The second kappa shape index (κ2) is 9.25. The molecule has 0 aliphatic rings. The summed E-state index contributed by atoms with van der Waals surface area (Å²) in [5.41, 5.74) is 6.59. The molecule has 0 saturated carbocycles. The van der Waals surface area contributed by atoms with Crippen LogP contribution in [0, 0.1) is 6.92 Å². The van der Waals surface area contributed by atoms with Crippen molar-refractivity contribution in [2.24, 2.45) is 0 Å². The Hall–Kier alpha value is -2.31. The molecule has 0 aliphatic heterocycles. The van der Waals surface area contributed by atoms with Gasteiger partial charge in [0, 0.05) is 11.1 Å². The third-order valence-corrected chi connectivity index (χ3v) is 3.94. The average Bonchev–Trinajstić information content (AvgIpc) is 2.58. The molecule has 0 aromatic heterocycles. The van der Waals surface area contributed by atoms with E-state index < -0.39 is 11.8 Å². The first kappa shape index (κ1) is 19.0. The highest BCUT2D eigenvalue weighted by molar-refractivity contribution is 9.10. The minimum Gasteiger partial charge on any atom is -0.483 e. The van der Waals surface area contributed by atoms with Gasteiger partial charge in [0.1, 0.15) is 5.75 Å². The fourth-order valence-corrected chi connectivity index (χ4v) is 2.59. The maximum Gasteiger partial charge on any atom is 0.276 e. The molecule has 7 heteroatoms. The van der Waals surface area contributed by atoms with Gasteiger partial charge in [-0.15, -0.1) is 0 Å². The van der Waals surface area contributed by atoms with Crippen LogP contribution in [0.3, 0.4) is 0 Å². The fraction of sp³-hybridized carbons (Fsp3) is 0.111. The van der Waals surface area contributed by atoms with Gasteiger partial charge >= 0.3 is 0 Å². The minimum absolute atomic E-state index is 0.248. The predicted molar refractivity (Wildman–Crippen MR) is 101 cm³/mol. The Bertz CT molecular complexity index is 791. The molecule has 0 heterocycles. The maximum absolute atomic E-state index is 11.7. The number of carbonyl (C=O) groups is 2. The van der Waals surface area contributed by atoms with Gasteiger partial charge < -0.3 is 4.74 Å². The van der Waals surface area contributed by atoms with E-state index in [-0.39, 0.29) is 6.61 Å². The Morgan fingerprint density at radius 1 is 1.16 bits per heavy atom.